The summed E-state index contributed by atoms with van der Waals surface area (Å²) in [5.74, 6) is 2.50. The number of ether oxygens (including phenoxy) is 2. The molecule has 1 N–H and O–H groups in total. The van der Waals surface area contributed by atoms with E-state index in [2.05, 4.69) is 40.8 Å². The summed E-state index contributed by atoms with van der Waals surface area (Å²) in [6.07, 6.45) is 0. The number of nitrogens with one attached hydrogen (secondary N) is 1. The highest BCUT2D eigenvalue weighted by Gasteiger charge is 2.34. The Morgan fingerprint density at radius 3 is 2.45 bits per heavy atom. The van der Waals surface area contributed by atoms with Gasteiger partial charge in [-0.1, -0.05) is 0 Å². The Labute approximate surface area is 169 Å². The maximum atomic E-state index is 5.98. The fourth-order valence-corrected chi connectivity index (χ4v) is 4.03. The molecule has 3 aromatic rings. The van der Waals surface area contributed by atoms with Gasteiger partial charge < -0.3 is 24.3 Å². The van der Waals surface area contributed by atoms with E-state index in [0.717, 1.165) is 53.7 Å². The minimum absolute atomic E-state index is 0.449. The molecule has 8 heteroatoms. The molecular formula is C21H26N6O2. The standard InChI is InChI=1S/C21H26N6O2/c1-21(2)20-23-16-18(26-8-11-28-12-9-26)24-17(14-4-6-15(22-3)7-5-14)25-19(16)27(20)10-13-29-21/h4-7,22H,8-13H2,1-3H3. The lowest BCUT2D eigenvalue weighted by Gasteiger charge is -2.30. The molecule has 0 aliphatic carbocycles. The molecule has 4 heterocycles. The molecule has 2 aliphatic rings. The topological polar surface area (TPSA) is 77.3 Å². The molecule has 1 fully saturated rings. The van der Waals surface area contributed by atoms with Gasteiger partial charge in [-0.2, -0.15) is 0 Å². The molecule has 0 unspecified atom stereocenters. The summed E-state index contributed by atoms with van der Waals surface area (Å²) in [4.78, 5) is 17.1. The van der Waals surface area contributed by atoms with Crippen LogP contribution in [0.2, 0.25) is 0 Å². The Bertz CT molecular complexity index is 1040. The molecule has 0 saturated carbocycles. The van der Waals surface area contributed by atoms with Gasteiger partial charge in [0.1, 0.15) is 11.4 Å². The van der Waals surface area contributed by atoms with E-state index in [-0.39, 0.29) is 0 Å². The molecule has 2 aliphatic heterocycles. The van der Waals surface area contributed by atoms with E-state index >= 15 is 0 Å². The van der Waals surface area contributed by atoms with Crippen molar-refractivity contribution in [2.45, 2.75) is 26.0 Å². The van der Waals surface area contributed by atoms with Crippen LogP contribution in [0.4, 0.5) is 11.5 Å². The number of imidazole rings is 1. The lowest BCUT2D eigenvalue weighted by atomic mass is 10.1. The number of fused-ring (bicyclic) bond motifs is 3. The van der Waals surface area contributed by atoms with Gasteiger partial charge in [0.25, 0.3) is 0 Å². The monoisotopic (exact) mass is 394 g/mol. The summed E-state index contributed by atoms with van der Waals surface area (Å²) < 4.78 is 13.7. The quantitative estimate of drug-likeness (QED) is 0.732. The minimum Gasteiger partial charge on any atom is -0.388 e. The zero-order chi connectivity index (χ0) is 20.0. The van der Waals surface area contributed by atoms with Gasteiger partial charge >= 0.3 is 0 Å². The highest BCUT2D eigenvalue weighted by Crippen LogP contribution is 2.35. The van der Waals surface area contributed by atoms with E-state index in [1.54, 1.807) is 0 Å². The first-order valence-corrected chi connectivity index (χ1v) is 10.1. The van der Waals surface area contributed by atoms with Gasteiger partial charge in [0.2, 0.25) is 0 Å². The second-order valence-corrected chi connectivity index (χ2v) is 7.92. The molecule has 29 heavy (non-hydrogen) atoms. The van der Waals surface area contributed by atoms with Crippen molar-refractivity contribution >= 4 is 22.7 Å². The summed E-state index contributed by atoms with van der Waals surface area (Å²) in [5, 5.41) is 3.15. The van der Waals surface area contributed by atoms with Crippen LogP contribution in [0.25, 0.3) is 22.6 Å². The van der Waals surface area contributed by atoms with Crippen LogP contribution < -0.4 is 10.2 Å². The Morgan fingerprint density at radius 1 is 0.966 bits per heavy atom. The van der Waals surface area contributed by atoms with Crippen molar-refractivity contribution in [3.05, 3.63) is 30.1 Å². The zero-order valence-corrected chi connectivity index (χ0v) is 17.1. The highest BCUT2D eigenvalue weighted by atomic mass is 16.5. The highest BCUT2D eigenvalue weighted by molar-refractivity contribution is 5.86. The van der Waals surface area contributed by atoms with Crippen LogP contribution in [0.1, 0.15) is 19.7 Å². The van der Waals surface area contributed by atoms with Crippen molar-refractivity contribution in [3.8, 4) is 11.4 Å². The van der Waals surface area contributed by atoms with Gasteiger partial charge in [-0.05, 0) is 38.1 Å². The van der Waals surface area contributed by atoms with Gasteiger partial charge in [0.15, 0.2) is 22.8 Å². The van der Waals surface area contributed by atoms with Crippen molar-refractivity contribution in [1.29, 1.82) is 0 Å². The van der Waals surface area contributed by atoms with Gasteiger partial charge in [-0.3, -0.25) is 0 Å². The molecule has 0 atom stereocenters. The van der Waals surface area contributed by atoms with Crippen molar-refractivity contribution < 1.29 is 9.47 Å². The summed E-state index contributed by atoms with van der Waals surface area (Å²) in [6.45, 7) is 8.49. The van der Waals surface area contributed by atoms with E-state index in [0.29, 0.717) is 25.6 Å². The first kappa shape index (κ1) is 18.3. The van der Waals surface area contributed by atoms with Crippen LogP contribution in [0.5, 0.6) is 0 Å². The summed E-state index contributed by atoms with van der Waals surface area (Å²) >= 11 is 0. The fraction of sp³-hybridized carbons (Fsp3) is 0.476. The van der Waals surface area contributed by atoms with Gasteiger partial charge in [-0.25, -0.2) is 15.0 Å². The molecule has 0 amide bonds. The van der Waals surface area contributed by atoms with Crippen molar-refractivity contribution in [2.24, 2.45) is 0 Å². The second-order valence-electron chi connectivity index (χ2n) is 7.92. The van der Waals surface area contributed by atoms with Crippen LogP contribution in [-0.2, 0) is 21.6 Å². The van der Waals surface area contributed by atoms with Crippen molar-refractivity contribution in [1.82, 2.24) is 19.5 Å². The van der Waals surface area contributed by atoms with Crippen LogP contribution in [-0.4, -0.2) is 59.5 Å². The molecule has 1 aromatic carbocycles. The van der Waals surface area contributed by atoms with E-state index in [1.807, 2.05) is 19.2 Å². The van der Waals surface area contributed by atoms with E-state index in [4.69, 9.17) is 24.4 Å². The second kappa shape index (κ2) is 6.96. The van der Waals surface area contributed by atoms with Crippen LogP contribution in [0.15, 0.2) is 24.3 Å². The zero-order valence-electron chi connectivity index (χ0n) is 17.1. The van der Waals surface area contributed by atoms with Crippen molar-refractivity contribution in [3.63, 3.8) is 0 Å². The smallest absolute Gasteiger partial charge is 0.166 e. The molecule has 0 radical (unpaired) electrons. The summed E-state index contributed by atoms with van der Waals surface area (Å²) in [5.41, 5.74) is 3.32. The molecule has 5 rings (SSSR count). The fourth-order valence-electron chi connectivity index (χ4n) is 4.03. The molecule has 8 nitrogen and oxygen atoms in total. The van der Waals surface area contributed by atoms with E-state index in [1.165, 1.54) is 0 Å². The third-order valence-electron chi connectivity index (χ3n) is 5.63. The Morgan fingerprint density at radius 2 is 1.72 bits per heavy atom. The predicted molar refractivity (Wildman–Crippen MR) is 112 cm³/mol. The maximum absolute atomic E-state index is 5.98. The Kier molecular flexibility index (Phi) is 4.40. The van der Waals surface area contributed by atoms with E-state index in [9.17, 15) is 0 Å². The number of nitrogens with zero attached hydrogens (tertiary/aromatic N) is 5. The van der Waals surface area contributed by atoms with Gasteiger partial charge in [-0.15, -0.1) is 0 Å². The maximum Gasteiger partial charge on any atom is 0.166 e. The van der Waals surface area contributed by atoms with Crippen LogP contribution in [0.3, 0.4) is 0 Å². The predicted octanol–water partition coefficient (Wildman–Crippen LogP) is 2.64. The number of anilines is 2. The third kappa shape index (κ3) is 3.12. The normalized spacial score (nSPS) is 18.7. The molecular weight excluding hydrogens is 368 g/mol. The van der Waals surface area contributed by atoms with Gasteiger partial charge in [0, 0.05) is 37.9 Å². The first-order chi connectivity index (χ1) is 14.1. The number of hydrogen-bond acceptors (Lipinski definition) is 7. The van der Waals surface area contributed by atoms with Crippen molar-refractivity contribution in [2.75, 3.05) is 50.2 Å². The molecule has 152 valence electrons. The first-order valence-electron chi connectivity index (χ1n) is 10.1. The SMILES string of the molecule is CNc1ccc(-c2nc(N3CCOCC3)c3nc4n(c3n2)CCOC4(C)C)cc1. The average molecular weight is 394 g/mol. The Hall–Kier alpha value is -2.71. The minimum atomic E-state index is -0.449. The average Bonchev–Trinajstić information content (AvgIpc) is 3.14. The Balaban J connectivity index is 1.72. The van der Waals surface area contributed by atoms with E-state index < -0.39 is 5.60 Å². The summed E-state index contributed by atoms with van der Waals surface area (Å²) in [6, 6.07) is 8.19. The number of aromatic nitrogens is 4. The molecule has 1 saturated heterocycles. The lowest BCUT2D eigenvalue weighted by Crippen LogP contribution is -2.37. The molecule has 2 aromatic heterocycles. The lowest BCUT2D eigenvalue weighted by molar-refractivity contribution is -0.0530. The largest absolute Gasteiger partial charge is 0.388 e. The van der Waals surface area contributed by atoms with Crippen LogP contribution >= 0.6 is 0 Å². The molecule has 0 spiro atoms. The third-order valence-corrected chi connectivity index (χ3v) is 5.63. The summed E-state index contributed by atoms with van der Waals surface area (Å²) in [7, 11) is 1.91. The van der Waals surface area contributed by atoms with Gasteiger partial charge in [0.05, 0.1) is 19.8 Å². The number of morpholine rings is 1. The number of rotatable bonds is 3. The number of benzene rings is 1. The molecule has 0 bridgehead atoms. The van der Waals surface area contributed by atoms with Crippen LogP contribution in [0, 0.1) is 0 Å². The number of hydrogen-bond donors (Lipinski definition) is 1.